The average Bonchev–Trinajstić information content (AvgIpc) is 3.50. The minimum Gasteiger partial charge on any atom is -0.493 e. The molecule has 2 aromatic rings. The third kappa shape index (κ3) is 5.27. The molecule has 1 aliphatic carbocycles. The molecule has 0 spiro atoms. The van der Waals surface area contributed by atoms with E-state index in [1.54, 1.807) is 18.2 Å². The summed E-state index contributed by atoms with van der Waals surface area (Å²) in [5.41, 5.74) is 7.77. The SMILES string of the molecule is COc1cnc(Cl)nc1-c1cc(CC#N)ccc1C(=O)NC1NNC(C#CC2CC2)S1. The molecule has 158 valence electrons. The zero-order chi connectivity index (χ0) is 21.8. The predicted molar refractivity (Wildman–Crippen MR) is 118 cm³/mol. The molecule has 4 rings (SSSR count). The van der Waals surface area contributed by atoms with Crippen molar-refractivity contribution >= 4 is 29.3 Å². The number of nitrogens with one attached hydrogen (secondary N) is 3. The summed E-state index contributed by atoms with van der Waals surface area (Å²) in [6, 6.07) is 7.28. The fraction of sp³-hybridized carbons (Fsp3) is 0.333. The van der Waals surface area contributed by atoms with E-state index in [2.05, 4.69) is 44.0 Å². The van der Waals surface area contributed by atoms with Crippen LogP contribution in [-0.4, -0.2) is 33.9 Å². The van der Waals surface area contributed by atoms with E-state index in [0.29, 0.717) is 28.5 Å². The largest absolute Gasteiger partial charge is 0.493 e. The number of rotatable bonds is 5. The quantitative estimate of drug-likeness (QED) is 0.466. The van der Waals surface area contributed by atoms with E-state index < -0.39 is 0 Å². The molecular weight excluding hydrogens is 436 g/mol. The van der Waals surface area contributed by atoms with E-state index in [1.165, 1.54) is 37.9 Å². The second-order valence-corrected chi connectivity index (χ2v) is 8.55. The standard InChI is InChI=1S/C21H19ClN6O2S/c1-30-16-11-24-20(22)25-18(16)15-10-13(8-9-23)4-6-14(15)19(29)26-21-28-27-17(31-21)7-5-12-2-3-12/h4,6,10-12,17,21,27-28H,2-3,8H2,1H3,(H,26,29). The molecule has 1 aliphatic heterocycles. The molecule has 1 saturated carbocycles. The van der Waals surface area contributed by atoms with Crippen molar-refractivity contribution in [1.29, 1.82) is 5.26 Å². The second-order valence-electron chi connectivity index (χ2n) is 6.99. The van der Waals surface area contributed by atoms with Crippen LogP contribution in [0.3, 0.4) is 0 Å². The molecule has 3 N–H and O–H groups in total. The molecule has 8 nitrogen and oxygen atoms in total. The lowest BCUT2D eigenvalue weighted by Crippen LogP contribution is -2.43. The van der Waals surface area contributed by atoms with Gasteiger partial charge in [-0.25, -0.2) is 20.8 Å². The Hall–Kier alpha value is -2.82. The Labute approximate surface area is 189 Å². The van der Waals surface area contributed by atoms with Gasteiger partial charge in [-0.3, -0.25) is 4.79 Å². The lowest BCUT2D eigenvalue weighted by atomic mass is 9.98. The van der Waals surface area contributed by atoms with Crippen LogP contribution in [0.4, 0.5) is 0 Å². The van der Waals surface area contributed by atoms with Crippen molar-refractivity contribution in [3.05, 3.63) is 40.8 Å². The third-order valence-corrected chi connectivity index (χ3v) is 5.89. The average molecular weight is 455 g/mol. The van der Waals surface area contributed by atoms with Gasteiger partial charge in [-0.1, -0.05) is 29.7 Å². The van der Waals surface area contributed by atoms with Crippen LogP contribution in [0.2, 0.25) is 5.28 Å². The van der Waals surface area contributed by atoms with E-state index >= 15 is 0 Å². The fourth-order valence-electron chi connectivity index (χ4n) is 2.99. The topological polar surface area (TPSA) is 112 Å². The Morgan fingerprint density at radius 2 is 2.23 bits per heavy atom. The maximum atomic E-state index is 13.1. The number of ether oxygens (including phenoxy) is 1. The van der Waals surface area contributed by atoms with Crippen LogP contribution in [0.1, 0.15) is 28.8 Å². The third-order valence-electron chi connectivity index (χ3n) is 4.69. The molecule has 1 saturated heterocycles. The van der Waals surface area contributed by atoms with Crippen molar-refractivity contribution in [3.8, 4) is 34.9 Å². The Morgan fingerprint density at radius 1 is 1.39 bits per heavy atom. The zero-order valence-electron chi connectivity index (χ0n) is 16.6. The number of carbonyl (C=O) groups excluding carboxylic acids is 1. The van der Waals surface area contributed by atoms with Crippen LogP contribution in [0.25, 0.3) is 11.3 Å². The first-order valence-electron chi connectivity index (χ1n) is 9.62. The van der Waals surface area contributed by atoms with Gasteiger partial charge in [-0.15, -0.1) is 0 Å². The first-order chi connectivity index (χ1) is 15.1. The molecular formula is C21H19ClN6O2S. The summed E-state index contributed by atoms with van der Waals surface area (Å²) in [7, 11) is 1.49. The number of benzene rings is 1. The van der Waals surface area contributed by atoms with Crippen molar-refractivity contribution in [1.82, 2.24) is 26.1 Å². The van der Waals surface area contributed by atoms with Gasteiger partial charge in [0.25, 0.3) is 5.91 Å². The van der Waals surface area contributed by atoms with E-state index in [1.807, 2.05) is 0 Å². The summed E-state index contributed by atoms with van der Waals surface area (Å²) >= 11 is 7.49. The molecule has 10 heteroatoms. The highest BCUT2D eigenvalue weighted by molar-refractivity contribution is 8.00. The molecule has 2 unspecified atom stereocenters. The smallest absolute Gasteiger partial charge is 0.253 e. The van der Waals surface area contributed by atoms with Crippen molar-refractivity contribution in [2.24, 2.45) is 5.92 Å². The fourth-order valence-corrected chi connectivity index (χ4v) is 3.98. The highest BCUT2D eigenvalue weighted by Crippen LogP contribution is 2.32. The van der Waals surface area contributed by atoms with E-state index in [9.17, 15) is 4.79 Å². The van der Waals surface area contributed by atoms with Crippen LogP contribution >= 0.6 is 23.4 Å². The maximum absolute atomic E-state index is 13.1. The van der Waals surface area contributed by atoms with Gasteiger partial charge >= 0.3 is 0 Å². The van der Waals surface area contributed by atoms with Gasteiger partial charge in [0.05, 0.1) is 25.8 Å². The summed E-state index contributed by atoms with van der Waals surface area (Å²) in [6.07, 6.45) is 3.98. The summed E-state index contributed by atoms with van der Waals surface area (Å²) in [5.74, 6) is 6.97. The highest BCUT2D eigenvalue weighted by atomic mass is 35.5. The number of amides is 1. The van der Waals surface area contributed by atoms with E-state index in [0.717, 1.165) is 5.56 Å². The van der Waals surface area contributed by atoms with Gasteiger partial charge in [0.15, 0.2) is 5.75 Å². The van der Waals surface area contributed by atoms with Gasteiger partial charge in [-0.05, 0) is 42.1 Å². The van der Waals surface area contributed by atoms with Crippen LogP contribution in [0.15, 0.2) is 24.4 Å². The van der Waals surface area contributed by atoms with Crippen molar-refractivity contribution < 1.29 is 9.53 Å². The molecule has 1 amide bonds. The number of aromatic nitrogens is 2. The Kier molecular flexibility index (Phi) is 6.59. The first-order valence-corrected chi connectivity index (χ1v) is 10.9. The number of carbonyl (C=O) groups is 1. The minimum atomic E-state index is -0.353. The number of methoxy groups -OCH3 is 1. The van der Waals surface area contributed by atoms with Gasteiger partial charge in [0.2, 0.25) is 5.28 Å². The highest BCUT2D eigenvalue weighted by Gasteiger charge is 2.27. The summed E-state index contributed by atoms with van der Waals surface area (Å²) < 4.78 is 5.37. The zero-order valence-corrected chi connectivity index (χ0v) is 18.2. The monoisotopic (exact) mass is 454 g/mol. The first kappa shape index (κ1) is 21.4. The number of hydrogen-bond donors (Lipinski definition) is 3. The minimum absolute atomic E-state index is 0.0298. The number of thioether (sulfide) groups is 1. The molecule has 2 heterocycles. The maximum Gasteiger partial charge on any atom is 0.253 e. The molecule has 1 aromatic carbocycles. The number of halogens is 1. The summed E-state index contributed by atoms with van der Waals surface area (Å²) in [5, 5.41) is 12.0. The molecule has 2 fully saturated rings. The molecule has 0 bridgehead atoms. The summed E-state index contributed by atoms with van der Waals surface area (Å²) in [6.45, 7) is 0. The molecule has 2 aliphatic rings. The summed E-state index contributed by atoms with van der Waals surface area (Å²) in [4.78, 5) is 21.3. The Balaban J connectivity index is 1.59. The number of nitrogens with zero attached hydrogens (tertiary/aromatic N) is 3. The van der Waals surface area contributed by atoms with Crippen molar-refractivity contribution in [3.63, 3.8) is 0 Å². The van der Waals surface area contributed by atoms with Gasteiger partial charge in [0, 0.05) is 17.0 Å². The predicted octanol–water partition coefficient (Wildman–Crippen LogP) is 2.47. The number of nitriles is 1. The van der Waals surface area contributed by atoms with E-state index in [-0.39, 0.29) is 28.5 Å². The molecule has 1 aromatic heterocycles. The van der Waals surface area contributed by atoms with Crippen LogP contribution in [0, 0.1) is 29.1 Å². The Bertz CT molecular complexity index is 1110. The normalized spacial score (nSPS) is 19.8. The second kappa shape index (κ2) is 9.54. The van der Waals surface area contributed by atoms with Crippen molar-refractivity contribution in [2.45, 2.75) is 30.1 Å². The van der Waals surface area contributed by atoms with Gasteiger partial charge < -0.3 is 10.1 Å². The number of hydrogen-bond acceptors (Lipinski definition) is 8. The van der Waals surface area contributed by atoms with Crippen molar-refractivity contribution in [2.75, 3.05) is 7.11 Å². The van der Waals surface area contributed by atoms with Crippen LogP contribution in [-0.2, 0) is 6.42 Å². The van der Waals surface area contributed by atoms with Gasteiger partial charge in [0.1, 0.15) is 16.6 Å². The van der Waals surface area contributed by atoms with Crippen LogP contribution in [0.5, 0.6) is 5.75 Å². The number of hydrazine groups is 1. The lowest BCUT2D eigenvalue weighted by molar-refractivity contribution is 0.0945. The molecule has 2 atom stereocenters. The molecule has 31 heavy (non-hydrogen) atoms. The van der Waals surface area contributed by atoms with Gasteiger partial charge in [-0.2, -0.15) is 5.26 Å². The van der Waals surface area contributed by atoms with Crippen LogP contribution < -0.4 is 20.9 Å². The van der Waals surface area contributed by atoms with E-state index in [4.69, 9.17) is 21.6 Å². The lowest BCUT2D eigenvalue weighted by Gasteiger charge is -2.16. The molecule has 0 radical (unpaired) electrons. The Morgan fingerprint density at radius 3 is 2.97 bits per heavy atom.